The number of urea groups is 1. The fourth-order valence-electron chi connectivity index (χ4n) is 2.70. The van der Waals surface area contributed by atoms with Crippen molar-refractivity contribution in [3.63, 3.8) is 0 Å². The molecule has 1 aliphatic carbocycles. The lowest BCUT2D eigenvalue weighted by atomic mass is 9.87. The molecule has 2 amide bonds. The Labute approximate surface area is 126 Å². The third kappa shape index (κ3) is 4.74. The first kappa shape index (κ1) is 15.8. The lowest BCUT2D eigenvalue weighted by Crippen LogP contribution is -2.40. The smallest absolute Gasteiger partial charge is 0.319 e. The zero-order chi connectivity index (χ0) is 15.5. The van der Waals surface area contributed by atoms with Crippen LogP contribution >= 0.6 is 0 Å². The summed E-state index contributed by atoms with van der Waals surface area (Å²) < 4.78 is 22.7. The summed E-state index contributed by atoms with van der Waals surface area (Å²) in [5.41, 5.74) is 0.587. The minimum atomic E-state index is -3.21. The van der Waals surface area contributed by atoms with E-state index in [1.807, 2.05) is 0 Å². The van der Waals surface area contributed by atoms with Crippen molar-refractivity contribution in [2.45, 2.75) is 43.5 Å². The van der Waals surface area contributed by atoms with Crippen molar-refractivity contribution in [3.8, 4) is 0 Å². The summed E-state index contributed by atoms with van der Waals surface area (Å²) >= 11 is 0. The van der Waals surface area contributed by atoms with Crippen molar-refractivity contribution in [2.24, 2.45) is 5.92 Å². The van der Waals surface area contributed by atoms with Crippen molar-refractivity contribution < 1.29 is 13.2 Å². The second-order valence-electron chi connectivity index (χ2n) is 5.86. The highest BCUT2D eigenvalue weighted by Crippen LogP contribution is 2.23. The molecule has 0 aromatic heterocycles. The van der Waals surface area contributed by atoms with Gasteiger partial charge in [-0.1, -0.05) is 19.8 Å². The summed E-state index contributed by atoms with van der Waals surface area (Å²) in [7, 11) is -3.21. The lowest BCUT2D eigenvalue weighted by molar-refractivity contribution is 0.238. The van der Waals surface area contributed by atoms with Crippen LogP contribution in [0.3, 0.4) is 0 Å². The van der Waals surface area contributed by atoms with E-state index in [1.54, 1.807) is 12.1 Å². The largest absolute Gasteiger partial charge is 0.335 e. The minimum absolute atomic E-state index is 0.226. The summed E-state index contributed by atoms with van der Waals surface area (Å²) in [5, 5.41) is 5.71. The van der Waals surface area contributed by atoms with Gasteiger partial charge in [0.2, 0.25) is 0 Å². The number of carbonyl (C=O) groups excluding carboxylic acids is 1. The molecule has 0 saturated heterocycles. The Morgan fingerprint density at radius 3 is 2.43 bits per heavy atom. The Bertz CT molecular complexity index is 596. The average molecular weight is 310 g/mol. The Kier molecular flexibility index (Phi) is 4.88. The maximum Gasteiger partial charge on any atom is 0.319 e. The van der Waals surface area contributed by atoms with Crippen molar-refractivity contribution in [1.82, 2.24) is 5.32 Å². The van der Waals surface area contributed by atoms with E-state index in [0.717, 1.165) is 25.5 Å². The third-order valence-electron chi connectivity index (χ3n) is 3.81. The number of rotatable bonds is 3. The Hall–Kier alpha value is -1.56. The van der Waals surface area contributed by atoms with E-state index in [2.05, 4.69) is 17.6 Å². The SMILES string of the molecule is C[C@@H]1CCC[C@H](NC(=O)Nc2ccc(S(C)(=O)=O)cc2)C1. The zero-order valence-corrected chi connectivity index (χ0v) is 13.2. The van der Waals surface area contributed by atoms with Gasteiger partial charge in [0.1, 0.15) is 0 Å². The number of amides is 2. The van der Waals surface area contributed by atoms with E-state index >= 15 is 0 Å². The number of nitrogens with one attached hydrogen (secondary N) is 2. The number of hydrogen-bond donors (Lipinski definition) is 2. The van der Waals surface area contributed by atoms with Crippen LogP contribution in [0.1, 0.15) is 32.6 Å². The van der Waals surface area contributed by atoms with Gasteiger partial charge in [-0.25, -0.2) is 13.2 Å². The van der Waals surface area contributed by atoms with Gasteiger partial charge in [-0.3, -0.25) is 0 Å². The zero-order valence-electron chi connectivity index (χ0n) is 12.4. The van der Waals surface area contributed by atoms with Crippen LogP contribution in [-0.4, -0.2) is 26.7 Å². The maximum atomic E-state index is 11.9. The molecule has 1 aromatic carbocycles. The molecule has 0 spiro atoms. The molecular weight excluding hydrogens is 288 g/mol. The van der Waals surface area contributed by atoms with Crippen molar-refractivity contribution in [3.05, 3.63) is 24.3 Å². The molecule has 5 nitrogen and oxygen atoms in total. The molecule has 1 saturated carbocycles. The molecule has 1 aromatic rings. The van der Waals surface area contributed by atoms with Gasteiger partial charge in [0, 0.05) is 18.0 Å². The Morgan fingerprint density at radius 1 is 1.19 bits per heavy atom. The van der Waals surface area contributed by atoms with Crippen LogP contribution in [0, 0.1) is 5.92 Å². The maximum absolute atomic E-state index is 11.9. The molecule has 6 heteroatoms. The number of benzene rings is 1. The molecule has 0 heterocycles. The molecule has 116 valence electrons. The summed E-state index contributed by atoms with van der Waals surface area (Å²) in [6.07, 6.45) is 5.57. The fraction of sp³-hybridized carbons (Fsp3) is 0.533. The standard InChI is InChI=1S/C15H22N2O3S/c1-11-4-3-5-13(10-11)17-15(18)16-12-6-8-14(9-7-12)21(2,19)20/h6-9,11,13H,3-5,10H2,1-2H3,(H2,16,17,18)/t11-,13+/m1/s1. The molecule has 0 unspecified atom stereocenters. The monoisotopic (exact) mass is 310 g/mol. The highest BCUT2D eigenvalue weighted by molar-refractivity contribution is 7.90. The van der Waals surface area contributed by atoms with Crippen LogP contribution in [0.25, 0.3) is 0 Å². The highest BCUT2D eigenvalue weighted by atomic mass is 32.2. The molecular formula is C15H22N2O3S. The predicted molar refractivity (Wildman–Crippen MR) is 83.1 cm³/mol. The van der Waals surface area contributed by atoms with Gasteiger partial charge in [-0.05, 0) is 43.0 Å². The molecule has 1 fully saturated rings. The number of hydrogen-bond acceptors (Lipinski definition) is 3. The van der Waals surface area contributed by atoms with Gasteiger partial charge in [-0.15, -0.1) is 0 Å². The minimum Gasteiger partial charge on any atom is -0.335 e. The highest BCUT2D eigenvalue weighted by Gasteiger charge is 2.20. The van der Waals surface area contributed by atoms with E-state index in [-0.39, 0.29) is 17.0 Å². The molecule has 1 aliphatic rings. The summed E-state index contributed by atoms with van der Waals surface area (Å²) in [4.78, 5) is 12.2. The Balaban J connectivity index is 1.90. The van der Waals surface area contributed by atoms with Gasteiger partial charge in [-0.2, -0.15) is 0 Å². The van der Waals surface area contributed by atoms with Crippen LogP contribution in [0.15, 0.2) is 29.2 Å². The van der Waals surface area contributed by atoms with E-state index in [9.17, 15) is 13.2 Å². The van der Waals surface area contributed by atoms with E-state index in [4.69, 9.17) is 0 Å². The van der Waals surface area contributed by atoms with Crippen molar-refractivity contribution >= 4 is 21.6 Å². The van der Waals surface area contributed by atoms with Crippen LogP contribution in [-0.2, 0) is 9.84 Å². The second-order valence-corrected chi connectivity index (χ2v) is 7.88. The van der Waals surface area contributed by atoms with Crippen LogP contribution in [0.5, 0.6) is 0 Å². The predicted octanol–water partition coefficient (Wildman–Crippen LogP) is 2.79. The van der Waals surface area contributed by atoms with E-state index in [1.165, 1.54) is 18.6 Å². The number of anilines is 1. The second kappa shape index (κ2) is 6.47. The number of sulfone groups is 1. The van der Waals surface area contributed by atoms with Gasteiger partial charge in [0.15, 0.2) is 9.84 Å². The molecule has 0 bridgehead atoms. The normalized spacial score (nSPS) is 22.6. The topological polar surface area (TPSA) is 75.3 Å². The molecule has 0 radical (unpaired) electrons. The first-order valence-corrected chi connectivity index (χ1v) is 9.11. The summed E-state index contributed by atoms with van der Waals surface area (Å²) in [6, 6.07) is 6.17. The van der Waals surface area contributed by atoms with Crippen LogP contribution in [0.2, 0.25) is 0 Å². The Morgan fingerprint density at radius 2 is 1.86 bits per heavy atom. The fourth-order valence-corrected chi connectivity index (χ4v) is 3.33. The van der Waals surface area contributed by atoms with Crippen LogP contribution in [0.4, 0.5) is 10.5 Å². The average Bonchev–Trinajstić information content (AvgIpc) is 2.38. The third-order valence-corrected chi connectivity index (χ3v) is 4.94. The van der Waals surface area contributed by atoms with Crippen molar-refractivity contribution in [1.29, 1.82) is 0 Å². The number of carbonyl (C=O) groups is 1. The lowest BCUT2D eigenvalue weighted by Gasteiger charge is -2.27. The summed E-state index contributed by atoms with van der Waals surface area (Å²) in [5.74, 6) is 0.651. The summed E-state index contributed by atoms with van der Waals surface area (Å²) in [6.45, 7) is 2.20. The van der Waals surface area contributed by atoms with Crippen LogP contribution < -0.4 is 10.6 Å². The molecule has 2 rings (SSSR count). The molecule has 2 atom stereocenters. The molecule has 21 heavy (non-hydrogen) atoms. The molecule has 0 aliphatic heterocycles. The van der Waals surface area contributed by atoms with E-state index in [0.29, 0.717) is 11.6 Å². The first-order chi connectivity index (χ1) is 9.84. The quantitative estimate of drug-likeness (QED) is 0.901. The van der Waals surface area contributed by atoms with Gasteiger partial charge < -0.3 is 10.6 Å². The molecule has 2 N–H and O–H groups in total. The van der Waals surface area contributed by atoms with Gasteiger partial charge in [0.05, 0.1) is 4.90 Å². The van der Waals surface area contributed by atoms with E-state index < -0.39 is 9.84 Å². The van der Waals surface area contributed by atoms with Crippen molar-refractivity contribution in [2.75, 3.05) is 11.6 Å². The first-order valence-electron chi connectivity index (χ1n) is 7.22. The van der Waals surface area contributed by atoms with Gasteiger partial charge >= 0.3 is 6.03 Å². The van der Waals surface area contributed by atoms with Gasteiger partial charge in [0.25, 0.3) is 0 Å².